The molecule has 22 heavy (non-hydrogen) atoms. The van der Waals surface area contributed by atoms with Crippen molar-refractivity contribution in [2.75, 3.05) is 26.2 Å². The smallest absolute Gasteiger partial charge is 0.122 e. The second-order valence-corrected chi connectivity index (χ2v) is 6.13. The molecule has 1 fully saturated rings. The zero-order valence-corrected chi connectivity index (χ0v) is 13.1. The summed E-state index contributed by atoms with van der Waals surface area (Å²) >= 11 is 0. The lowest BCUT2D eigenvalue weighted by molar-refractivity contribution is 0.163. The fourth-order valence-corrected chi connectivity index (χ4v) is 3.71. The monoisotopic (exact) mass is 300 g/mol. The van der Waals surface area contributed by atoms with Gasteiger partial charge in [-0.15, -0.1) is 0 Å². The lowest BCUT2D eigenvalue weighted by Gasteiger charge is -2.32. The van der Waals surface area contributed by atoms with Crippen LogP contribution >= 0.6 is 0 Å². The van der Waals surface area contributed by atoms with Gasteiger partial charge < -0.3 is 4.74 Å². The summed E-state index contributed by atoms with van der Waals surface area (Å²) in [5, 5.41) is 3.54. The molecule has 0 bridgehead atoms. The molecule has 0 N–H and O–H groups in total. The summed E-state index contributed by atoms with van der Waals surface area (Å²) in [5.41, 5.74) is 11.1. The molecular formula is C17H24N4O. The number of azide groups is 1. The van der Waals surface area contributed by atoms with Crippen molar-refractivity contribution in [3.05, 3.63) is 39.8 Å². The van der Waals surface area contributed by atoms with E-state index in [-0.39, 0.29) is 0 Å². The van der Waals surface area contributed by atoms with E-state index in [9.17, 15) is 0 Å². The lowest BCUT2D eigenvalue weighted by atomic mass is 10.0. The van der Waals surface area contributed by atoms with Gasteiger partial charge in [-0.2, -0.15) is 0 Å². The molecule has 0 aromatic heterocycles. The molecule has 0 spiro atoms. The van der Waals surface area contributed by atoms with Crippen LogP contribution in [0.25, 0.3) is 10.4 Å². The molecule has 1 aromatic rings. The fraction of sp³-hybridized carbons (Fsp3) is 0.647. The summed E-state index contributed by atoms with van der Waals surface area (Å²) < 4.78 is 5.93. The first-order valence-corrected chi connectivity index (χ1v) is 8.39. The Morgan fingerprint density at radius 2 is 2.14 bits per heavy atom. The minimum Gasteiger partial charge on any atom is -0.493 e. The van der Waals surface area contributed by atoms with E-state index in [4.69, 9.17) is 10.3 Å². The third-order valence-electron chi connectivity index (χ3n) is 4.75. The van der Waals surface area contributed by atoms with E-state index in [1.165, 1.54) is 49.9 Å². The van der Waals surface area contributed by atoms with Gasteiger partial charge >= 0.3 is 0 Å². The maximum Gasteiger partial charge on any atom is 0.122 e. The number of likely N-dealkylation sites (tertiary alicyclic amines) is 1. The number of rotatable bonds is 6. The summed E-state index contributed by atoms with van der Waals surface area (Å²) in [6, 6.07) is 7.05. The van der Waals surface area contributed by atoms with Gasteiger partial charge in [-0.1, -0.05) is 23.7 Å². The van der Waals surface area contributed by atoms with E-state index >= 15 is 0 Å². The second-order valence-electron chi connectivity index (χ2n) is 6.13. The van der Waals surface area contributed by atoms with E-state index in [1.54, 1.807) is 0 Å². The van der Waals surface area contributed by atoms with Crippen molar-refractivity contribution in [2.45, 2.75) is 44.6 Å². The Morgan fingerprint density at radius 1 is 1.27 bits per heavy atom. The lowest BCUT2D eigenvalue weighted by Crippen LogP contribution is -2.32. The Labute approximate surface area is 131 Å². The van der Waals surface area contributed by atoms with Gasteiger partial charge in [0.25, 0.3) is 0 Å². The van der Waals surface area contributed by atoms with Gasteiger partial charge in [0.1, 0.15) is 5.75 Å². The van der Waals surface area contributed by atoms with Crippen molar-refractivity contribution < 1.29 is 4.74 Å². The Hall–Kier alpha value is -1.71. The summed E-state index contributed by atoms with van der Waals surface area (Å²) in [7, 11) is 0. The average Bonchev–Trinajstić information content (AvgIpc) is 3.00. The van der Waals surface area contributed by atoms with Crippen LogP contribution in [0.15, 0.2) is 23.3 Å². The van der Waals surface area contributed by atoms with Crippen molar-refractivity contribution >= 4 is 0 Å². The van der Waals surface area contributed by atoms with Gasteiger partial charge in [0.05, 0.1) is 6.61 Å². The highest BCUT2D eigenvalue weighted by molar-refractivity contribution is 5.45. The van der Waals surface area contributed by atoms with Gasteiger partial charge in [-0.25, -0.2) is 0 Å². The van der Waals surface area contributed by atoms with Crippen molar-refractivity contribution in [2.24, 2.45) is 5.11 Å². The van der Waals surface area contributed by atoms with E-state index in [0.29, 0.717) is 19.2 Å². The first-order chi connectivity index (χ1) is 10.9. The molecule has 0 saturated carbocycles. The first-order valence-electron chi connectivity index (χ1n) is 8.39. The maximum atomic E-state index is 8.28. The SMILES string of the molecule is [N-]=[N+]=NCCCOc1cccc2c1CCC2N1CCCCC1. The molecule has 5 heteroatoms. The van der Waals surface area contributed by atoms with Gasteiger partial charge in [0.2, 0.25) is 0 Å². The fourth-order valence-electron chi connectivity index (χ4n) is 3.71. The topological polar surface area (TPSA) is 61.2 Å². The molecule has 1 unspecified atom stereocenters. The Kier molecular flexibility index (Phi) is 5.20. The Morgan fingerprint density at radius 3 is 2.95 bits per heavy atom. The number of piperidine rings is 1. The largest absolute Gasteiger partial charge is 0.493 e. The molecule has 1 saturated heterocycles. The third kappa shape index (κ3) is 3.37. The third-order valence-corrected chi connectivity index (χ3v) is 4.75. The summed E-state index contributed by atoms with van der Waals surface area (Å²) in [6.07, 6.45) is 7.15. The van der Waals surface area contributed by atoms with Gasteiger partial charge in [0.15, 0.2) is 0 Å². The van der Waals surface area contributed by atoms with Crippen molar-refractivity contribution in [1.29, 1.82) is 0 Å². The number of ether oxygens (including phenoxy) is 1. The highest BCUT2D eigenvalue weighted by Crippen LogP contribution is 2.41. The molecule has 2 aliphatic rings. The molecule has 1 aliphatic carbocycles. The number of hydrogen-bond acceptors (Lipinski definition) is 3. The van der Waals surface area contributed by atoms with Crippen LogP contribution in [0.4, 0.5) is 0 Å². The van der Waals surface area contributed by atoms with E-state index in [2.05, 4.69) is 33.1 Å². The Bertz CT molecular complexity index is 548. The van der Waals surface area contributed by atoms with Gasteiger partial charge in [-0.05, 0) is 67.9 Å². The molecule has 0 amide bonds. The molecule has 3 rings (SSSR count). The van der Waals surface area contributed by atoms with Gasteiger partial charge in [0, 0.05) is 17.5 Å². The number of fused-ring (bicyclic) bond motifs is 1. The number of hydrogen-bond donors (Lipinski definition) is 0. The Balaban J connectivity index is 1.65. The zero-order valence-electron chi connectivity index (χ0n) is 13.1. The average molecular weight is 300 g/mol. The zero-order chi connectivity index (χ0) is 15.2. The summed E-state index contributed by atoms with van der Waals surface area (Å²) in [5.74, 6) is 1.03. The van der Waals surface area contributed by atoms with Crippen molar-refractivity contribution in [3.63, 3.8) is 0 Å². The van der Waals surface area contributed by atoms with Crippen LogP contribution in [-0.2, 0) is 6.42 Å². The van der Waals surface area contributed by atoms with E-state index < -0.39 is 0 Å². The molecule has 5 nitrogen and oxygen atoms in total. The van der Waals surface area contributed by atoms with Gasteiger partial charge in [-0.3, -0.25) is 4.90 Å². The normalized spacial score (nSPS) is 21.2. The summed E-state index contributed by atoms with van der Waals surface area (Å²) in [6.45, 7) is 3.59. The van der Waals surface area contributed by atoms with Crippen LogP contribution in [0.2, 0.25) is 0 Å². The molecule has 118 valence electrons. The van der Waals surface area contributed by atoms with Crippen LogP contribution in [0.5, 0.6) is 5.75 Å². The molecule has 1 aromatic carbocycles. The van der Waals surface area contributed by atoms with E-state index in [0.717, 1.165) is 18.6 Å². The van der Waals surface area contributed by atoms with Crippen LogP contribution in [0, 0.1) is 0 Å². The van der Waals surface area contributed by atoms with Crippen LogP contribution in [0.3, 0.4) is 0 Å². The number of benzene rings is 1. The van der Waals surface area contributed by atoms with Crippen molar-refractivity contribution in [3.8, 4) is 5.75 Å². The quantitative estimate of drug-likeness (QED) is 0.341. The number of nitrogens with zero attached hydrogens (tertiary/aromatic N) is 4. The standard InChI is InChI=1S/C17H24N4O/c18-20-19-10-5-13-22-17-7-4-6-14-15(17)8-9-16(14)21-11-2-1-3-12-21/h4,6-7,16H,1-3,5,8-13H2. The van der Waals surface area contributed by atoms with Crippen LogP contribution in [-0.4, -0.2) is 31.1 Å². The predicted octanol–water partition coefficient (Wildman–Crippen LogP) is 4.24. The molecule has 1 aliphatic heterocycles. The minimum atomic E-state index is 0.502. The minimum absolute atomic E-state index is 0.502. The van der Waals surface area contributed by atoms with Crippen molar-refractivity contribution in [1.82, 2.24) is 4.90 Å². The van der Waals surface area contributed by atoms with Crippen LogP contribution < -0.4 is 4.74 Å². The molecule has 0 radical (unpaired) electrons. The second kappa shape index (κ2) is 7.52. The van der Waals surface area contributed by atoms with E-state index in [1.807, 2.05) is 0 Å². The maximum absolute atomic E-state index is 8.28. The molecule has 1 atom stereocenters. The predicted molar refractivity (Wildman–Crippen MR) is 87.1 cm³/mol. The highest BCUT2D eigenvalue weighted by Gasteiger charge is 2.30. The molecular weight excluding hydrogens is 276 g/mol. The molecule has 1 heterocycles. The highest BCUT2D eigenvalue weighted by atomic mass is 16.5. The first kappa shape index (κ1) is 15.2. The summed E-state index contributed by atoms with van der Waals surface area (Å²) in [4.78, 5) is 5.42. The van der Waals surface area contributed by atoms with Crippen LogP contribution in [0.1, 0.15) is 49.3 Å².